The maximum atomic E-state index is 12.0. The van der Waals surface area contributed by atoms with Crippen molar-refractivity contribution in [3.63, 3.8) is 0 Å². The fourth-order valence-electron chi connectivity index (χ4n) is 2.35. The van der Waals surface area contributed by atoms with Gasteiger partial charge in [0, 0.05) is 6.42 Å². The first-order valence-corrected chi connectivity index (χ1v) is 8.97. The average Bonchev–Trinajstić information content (AvgIpc) is 2.60. The lowest BCUT2D eigenvalue weighted by atomic mass is 10.1. The summed E-state index contributed by atoms with van der Waals surface area (Å²) in [4.78, 5) is 35.0. The van der Waals surface area contributed by atoms with Gasteiger partial charge in [-0.1, -0.05) is 62.6 Å². The Morgan fingerprint density at radius 3 is 2.54 bits per heavy atom. The van der Waals surface area contributed by atoms with Crippen LogP contribution in [0, 0.1) is 0 Å². The molecular weight excluding hydrogens is 332 g/mol. The molecule has 0 aromatic heterocycles. The maximum absolute atomic E-state index is 12.0. The predicted octanol–water partition coefficient (Wildman–Crippen LogP) is 2.90. The molecule has 6 nitrogen and oxygen atoms in total. The van der Waals surface area contributed by atoms with Gasteiger partial charge in [-0.15, -0.1) is 0 Å². The third-order valence-electron chi connectivity index (χ3n) is 3.69. The number of hydrogen-bond donors (Lipinski definition) is 2. The number of amides is 2. The highest BCUT2D eigenvalue weighted by Crippen LogP contribution is 2.03. The molecule has 0 aliphatic heterocycles. The molecule has 1 atom stereocenters. The summed E-state index contributed by atoms with van der Waals surface area (Å²) < 4.78 is 5.08. The number of carbonyl (C=O) groups excluding carboxylic acids is 3. The van der Waals surface area contributed by atoms with Crippen molar-refractivity contribution in [1.29, 1.82) is 0 Å². The van der Waals surface area contributed by atoms with E-state index in [1.165, 1.54) is 12.2 Å². The molecular formula is C20H28N2O4. The van der Waals surface area contributed by atoms with Crippen LogP contribution in [0.25, 0.3) is 0 Å². The quantitative estimate of drug-likeness (QED) is 0.442. The van der Waals surface area contributed by atoms with Crippen LogP contribution >= 0.6 is 0 Å². The summed E-state index contributed by atoms with van der Waals surface area (Å²) in [6, 6.07) is 8.66. The molecule has 2 amide bonds. The van der Waals surface area contributed by atoms with E-state index in [0.29, 0.717) is 6.61 Å². The summed E-state index contributed by atoms with van der Waals surface area (Å²) in [5, 5.41) is 2.56. The van der Waals surface area contributed by atoms with E-state index in [4.69, 9.17) is 10.5 Å². The minimum atomic E-state index is -0.671. The van der Waals surface area contributed by atoms with Crippen LogP contribution in [0.5, 0.6) is 0 Å². The Labute approximate surface area is 154 Å². The molecule has 0 heterocycles. The van der Waals surface area contributed by atoms with Gasteiger partial charge in [0.25, 0.3) is 0 Å². The van der Waals surface area contributed by atoms with Gasteiger partial charge in [0.1, 0.15) is 0 Å². The van der Waals surface area contributed by atoms with Crippen LogP contribution in [0.2, 0.25) is 0 Å². The van der Waals surface area contributed by atoms with E-state index < -0.39 is 18.0 Å². The van der Waals surface area contributed by atoms with Crippen molar-refractivity contribution >= 4 is 17.8 Å². The second-order valence-corrected chi connectivity index (χ2v) is 6.11. The fourth-order valence-corrected chi connectivity index (χ4v) is 2.35. The van der Waals surface area contributed by atoms with Gasteiger partial charge in [-0.05, 0) is 18.1 Å². The van der Waals surface area contributed by atoms with E-state index in [9.17, 15) is 14.4 Å². The normalized spacial score (nSPS) is 11.9. The largest absolute Gasteiger partial charge is 0.450 e. The molecule has 1 aromatic rings. The molecule has 0 fully saturated rings. The highest BCUT2D eigenvalue weighted by atomic mass is 16.5. The first-order valence-electron chi connectivity index (χ1n) is 8.97. The van der Waals surface area contributed by atoms with Gasteiger partial charge in [0.05, 0.1) is 19.1 Å². The number of ketones is 1. The zero-order valence-corrected chi connectivity index (χ0v) is 15.3. The summed E-state index contributed by atoms with van der Waals surface area (Å²) >= 11 is 0. The number of carbonyl (C=O) groups is 3. The van der Waals surface area contributed by atoms with Crippen molar-refractivity contribution in [1.82, 2.24) is 5.32 Å². The number of primary amides is 1. The van der Waals surface area contributed by atoms with Crippen LogP contribution in [0.15, 0.2) is 42.5 Å². The lowest BCUT2D eigenvalue weighted by molar-refractivity contribution is -0.118. The van der Waals surface area contributed by atoms with Gasteiger partial charge in [-0.2, -0.15) is 0 Å². The summed E-state index contributed by atoms with van der Waals surface area (Å²) in [7, 11) is 0. The van der Waals surface area contributed by atoms with Crippen molar-refractivity contribution in [2.24, 2.45) is 5.73 Å². The molecule has 0 unspecified atom stereocenters. The smallest absolute Gasteiger partial charge is 0.407 e. The number of hydrogen-bond acceptors (Lipinski definition) is 4. The zero-order valence-electron chi connectivity index (χ0n) is 15.3. The summed E-state index contributed by atoms with van der Waals surface area (Å²) in [6.45, 7) is 2.43. The van der Waals surface area contributed by atoms with E-state index >= 15 is 0 Å². The molecule has 0 aliphatic rings. The van der Waals surface area contributed by atoms with E-state index in [0.717, 1.165) is 31.2 Å². The summed E-state index contributed by atoms with van der Waals surface area (Å²) in [5.41, 5.74) is 6.10. The predicted molar refractivity (Wildman–Crippen MR) is 101 cm³/mol. The van der Waals surface area contributed by atoms with E-state index in [1.54, 1.807) is 0 Å². The molecule has 1 aromatic carbocycles. The lowest BCUT2D eigenvalue weighted by Crippen LogP contribution is -2.37. The van der Waals surface area contributed by atoms with Crippen molar-refractivity contribution in [2.45, 2.75) is 51.5 Å². The van der Waals surface area contributed by atoms with Crippen LogP contribution < -0.4 is 11.1 Å². The molecule has 26 heavy (non-hydrogen) atoms. The number of allylic oxidation sites excluding steroid dienone is 1. The average molecular weight is 360 g/mol. The third kappa shape index (κ3) is 10.3. The van der Waals surface area contributed by atoms with Crippen molar-refractivity contribution in [3.8, 4) is 0 Å². The van der Waals surface area contributed by atoms with Gasteiger partial charge in [-0.3, -0.25) is 9.59 Å². The first kappa shape index (κ1) is 21.4. The minimum Gasteiger partial charge on any atom is -0.450 e. The number of benzene rings is 1. The number of unbranched alkanes of at least 4 members (excludes halogenated alkanes) is 3. The molecule has 0 spiro atoms. The Kier molecular flexibility index (Phi) is 10.5. The molecule has 0 bridgehead atoms. The Bertz CT molecular complexity index is 599. The van der Waals surface area contributed by atoms with Crippen molar-refractivity contribution in [3.05, 3.63) is 48.0 Å². The molecule has 0 aliphatic carbocycles. The van der Waals surface area contributed by atoms with E-state index in [2.05, 4.69) is 12.2 Å². The first-order chi connectivity index (χ1) is 12.5. The molecule has 1 rings (SSSR count). The summed E-state index contributed by atoms with van der Waals surface area (Å²) in [6.07, 6.45) is 6.39. The highest BCUT2D eigenvalue weighted by Gasteiger charge is 2.13. The zero-order chi connectivity index (χ0) is 19.2. The van der Waals surface area contributed by atoms with Crippen molar-refractivity contribution < 1.29 is 19.1 Å². The van der Waals surface area contributed by atoms with E-state index in [-0.39, 0.29) is 18.6 Å². The van der Waals surface area contributed by atoms with Gasteiger partial charge in [-0.25, -0.2) is 4.79 Å². The number of rotatable bonds is 12. The summed E-state index contributed by atoms with van der Waals surface area (Å²) in [5.74, 6) is -0.696. The van der Waals surface area contributed by atoms with Gasteiger partial charge in [0.2, 0.25) is 5.91 Å². The Hall–Kier alpha value is -2.63. The Morgan fingerprint density at radius 2 is 1.88 bits per heavy atom. The molecule has 3 N–H and O–H groups in total. The minimum absolute atomic E-state index is 0.0972. The molecule has 0 saturated carbocycles. The molecule has 142 valence electrons. The molecule has 0 saturated heterocycles. The Balaban J connectivity index is 2.47. The van der Waals surface area contributed by atoms with Crippen LogP contribution in [0.3, 0.4) is 0 Å². The fraction of sp³-hybridized carbons (Fsp3) is 0.450. The number of alkyl carbamates (subject to hydrolysis) is 1. The molecule has 6 heteroatoms. The van der Waals surface area contributed by atoms with Crippen LogP contribution in [-0.2, 0) is 20.7 Å². The van der Waals surface area contributed by atoms with E-state index in [1.807, 2.05) is 30.3 Å². The second kappa shape index (κ2) is 12.7. The number of nitrogens with one attached hydrogen (secondary N) is 1. The third-order valence-corrected chi connectivity index (χ3v) is 3.69. The lowest BCUT2D eigenvalue weighted by Gasteiger charge is -2.13. The second-order valence-electron chi connectivity index (χ2n) is 6.11. The number of ether oxygens (including phenoxy) is 1. The number of nitrogens with two attached hydrogens (primary N) is 1. The topological polar surface area (TPSA) is 98.5 Å². The van der Waals surface area contributed by atoms with Gasteiger partial charge in [0.15, 0.2) is 5.78 Å². The Morgan fingerprint density at radius 1 is 1.15 bits per heavy atom. The standard InChI is InChI=1S/C20H28N2O4/c1-2-3-4-8-13-26-20(25)22-17(15-19(21)24)11-12-18(23)14-16-9-6-5-7-10-16/h5-7,9-12,17H,2-4,8,13-15H2,1H3,(H2,21,24)(H,22,25)/b12-11-/t17-/m0/s1. The van der Waals surface area contributed by atoms with Crippen LogP contribution in [-0.4, -0.2) is 30.4 Å². The van der Waals surface area contributed by atoms with Crippen LogP contribution in [0.4, 0.5) is 4.79 Å². The van der Waals surface area contributed by atoms with Gasteiger partial charge >= 0.3 is 6.09 Å². The van der Waals surface area contributed by atoms with Crippen molar-refractivity contribution in [2.75, 3.05) is 6.61 Å². The SMILES string of the molecule is CCCCCCOC(=O)N[C@@H](/C=C\C(=O)Cc1ccccc1)CC(N)=O. The maximum Gasteiger partial charge on any atom is 0.407 e. The van der Waals surface area contributed by atoms with Crippen LogP contribution in [0.1, 0.15) is 44.6 Å². The van der Waals surface area contributed by atoms with Gasteiger partial charge < -0.3 is 15.8 Å². The highest BCUT2D eigenvalue weighted by molar-refractivity contribution is 5.91. The molecule has 0 radical (unpaired) electrons. The monoisotopic (exact) mass is 360 g/mol.